The van der Waals surface area contributed by atoms with Gasteiger partial charge in [0, 0.05) is 6.42 Å². The Hall–Kier alpha value is -0.140. The van der Waals surface area contributed by atoms with Crippen LogP contribution < -0.4 is 0 Å². The van der Waals surface area contributed by atoms with Gasteiger partial charge in [-0.2, -0.15) is 0 Å². The highest BCUT2D eigenvalue weighted by Crippen LogP contribution is 2.06. The molecule has 17 heavy (non-hydrogen) atoms. The van der Waals surface area contributed by atoms with Crippen molar-refractivity contribution in [1.29, 1.82) is 0 Å². The van der Waals surface area contributed by atoms with Gasteiger partial charge in [0.2, 0.25) is 0 Å². The van der Waals surface area contributed by atoms with Crippen LogP contribution in [0.5, 0.6) is 0 Å². The van der Waals surface area contributed by atoms with Gasteiger partial charge in [0.25, 0.3) is 0 Å². The number of esters is 1. The van der Waals surface area contributed by atoms with Crippen molar-refractivity contribution < 1.29 is 9.53 Å². The van der Waals surface area contributed by atoms with Crippen LogP contribution in [0.1, 0.15) is 39.5 Å². The highest BCUT2D eigenvalue weighted by Gasteiger charge is 2.02. The van der Waals surface area contributed by atoms with E-state index < -0.39 is 0 Å². The second-order valence-electron chi connectivity index (χ2n) is 3.94. The number of carbonyl (C=O) groups is 1. The van der Waals surface area contributed by atoms with Crippen LogP contribution in [0.25, 0.3) is 0 Å². The third-order valence-corrected chi connectivity index (χ3v) is 2.92. The summed E-state index contributed by atoms with van der Waals surface area (Å²) in [4.78, 5) is 13.3. The molecule has 3 nitrogen and oxygen atoms in total. The normalized spacial score (nSPS) is 10.5. The molecule has 0 radical (unpaired) electrons. The van der Waals surface area contributed by atoms with Gasteiger partial charge >= 0.3 is 5.97 Å². The maximum Gasteiger partial charge on any atom is 0.305 e. The van der Waals surface area contributed by atoms with Gasteiger partial charge in [0.15, 0.2) is 0 Å². The van der Waals surface area contributed by atoms with E-state index in [4.69, 9.17) is 4.74 Å². The quantitative estimate of drug-likeness (QED) is 0.364. The summed E-state index contributed by atoms with van der Waals surface area (Å²) in [6, 6.07) is 0. The Morgan fingerprint density at radius 1 is 1.18 bits per heavy atom. The minimum Gasteiger partial charge on any atom is -0.466 e. The third kappa shape index (κ3) is 18.4. The lowest BCUT2D eigenvalue weighted by atomic mass is 10.3. The summed E-state index contributed by atoms with van der Waals surface area (Å²) in [6.45, 7) is 7.75. The lowest BCUT2D eigenvalue weighted by Crippen LogP contribution is -2.15. The first-order chi connectivity index (χ1) is 8.16. The van der Waals surface area contributed by atoms with E-state index in [-0.39, 0.29) is 5.97 Å². The van der Waals surface area contributed by atoms with Crippen LogP contribution >= 0.6 is 8.58 Å². The van der Waals surface area contributed by atoms with E-state index in [1.807, 2.05) is 27.9 Å². The molecule has 4 heteroatoms. The molecule has 104 valence electrons. The molecule has 0 saturated heterocycles. The monoisotopic (exact) mass is 263 g/mol. The molecule has 0 aromatic rings. The van der Waals surface area contributed by atoms with E-state index in [0.717, 1.165) is 28.0 Å². The Morgan fingerprint density at radius 3 is 2.35 bits per heavy atom. The maximum absolute atomic E-state index is 11.2. The summed E-state index contributed by atoms with van der Waals surface area (Å²) in [5.41, 5.74) is 0. The van der Waals surface area contributed by atoms with E-state index >= 15 is 0 Å². The number of rotatable bonds is 9. The molecule has 0 aliphatic rings. The highest BCUT2D eigenvalue weighted by atomic mass is 31.1. The molecule has 0 saturated carbocycles. The molecule has 0 fully saturated rings. The third-order valence-electron chi connectivity index (χ3n) is 2.07. The van der Waals surface area contributed by atoms with Gasteiger partial charge in [-0.3, -0.25) is 4.79 Å². The predicted octanol–water partition coefficient (Wildman–Crippen LogP) is 2.99. The first-order valence-electron chi connectivity index (χ1n) is 6.61. The summed E-state index contributed by atoms with van der Waals surface area (Å²) in [5.74, 6) is -0.0456. The molecule has 1 unspecified atom stereocenters. The first kappa shape index (κ1) is 19.2. The molecule has 0 amide bonds. The second-order valence-corrected chi connectivity index (χ2v) is 5.15. The van der Waals surface area contributed by atoms with Crippen molar-refractivity contribution in [3.63, 3.8) is 0 Å². The fraction of sp³-hybridized carbons (Fsp3) is 0.923. The zero-order valence-corrected chi connectivity index (χ0v) is 13.2. The summed E-state index contributed by atoms with van der Waals surface area (Å²) >= 11 is 0. The van der Waals surface area contributed by atoms with E-state index in [1.165, 1.54) is 12.6 Å². The minimum atomic E-state index is -0.0456. The zero-order valence-electron chi connectivity index (χ0n) is 12.2. The standard InChI is InChI=1S/C11H24NO2P.C2H6/c1-12(2)8-6-7-11(13)14-9-4-5-10-15-3;1-2/h15H,4-10H2,1-3H3;1-2H3. The van der Waals surface area contributed by atoms with Crippen molar-refractivity contribution in [2.75, 3.05) is 40.1 Å². The Kier molecular flexibility index (Phi) is 17.9. The van der Waals surface area contributed by atoms with Crippen molar-refractivity contribution >= 4 is 14.6 Å². The Bertz CT molecular complexity index is 163. The van der Waals surface area contributed by atoms with Crippen LogP contribution in [0, 0.1) is 0 Å². The molecular formula is C13H30NO2P. The highest BCUT2D eigenvalue weighted by molar-refractivity contribution is 7.36. The van der Waals surface area contributed by atoms with Crippen molar-refractivity contribution in [3.8, 4) is 0 Å². The minimum absolute atomic E-state index is 0.0456. The molecule has 1 atom stereocenters. The number of unbranched alkanes of at least 4 members (excludes halogenated alkanes) is 1. The number of hydrogen-bond donors (Lipinski definition) is 0. The van der Waals surface area contributed by atoms with Crippen molar-refractivity contribution in [1.82, 2.24) is 4.90 Å². The van der Waals surface area contributed by atoms with Crippen molar-refractivity contribution in [2.24, 2.45) is 0 Å². The molecule has 0 aliphatic carbocycles. The van der Waals surface area contributed by atoms with Crippen LogP contribution in [0.15, 0.2) is 0 Å². The molecule has 0 aliphatic heterocycles. The van der Waals surface area contributed by atoms with Crippen LogP contribution in [-0.2, 0) is 9.53 Å². The average Bonchev–Trinajstić information content (AvgIpc) is 2.31. The zero-order chi connectivity index (χ0) is 13.5. The topological polar surface area (TPSA) is 29.5 Å². The molecule has 0 aromatic carbocycles. The van der Waals surface area contributed by atoms with Gasteiger partial charge < -0.3 is 9.64 Å². The Morgan fingerprint density at radius 2 is 1.82 bits per heavy atom. The van der Waals surface area contributed by atoms with Gasteiger partial charge in [-0.15, -0.1) is 8.58 Å². The van der Waals surface area contributed by atoms with Crippen LogP contribution in [0.4, 0.5) is 0 Å². The second kappa shape index (κ2) is 15.9. The fourth-order valence-electron chi connectivity index (χ4n) is 1.20. The summed E-state index contributed by atoms with van der Waals surface area (Å²) in [5, 5.41) is 0. The van der Waals surface area contributed by atoms with Crippen molar-refractivity contribution in [2.45, 2.75) is 39.5 Å². The van der Waals surface area contributed by atoms with Crippen LogP contribution in [0.2, 0.25) is 0 Å². The lowest BCUT2D eigenvalue weighted by molar-refractivity contribution is -0.143. The van der Waals surface area contributed by atoms with E-state index in [2.05, 4.69) is 11.6 Å². The number of ether oxygens (including phenoxy) is 1. The SMILES string of the molecule is CC.CPCCCCOC(=O)CCCN(C)C. The fourth-order valence-corrected chi connectivity index (χ4v) is 1.81. The van der Waals surface area contributed by atoms with Gasteiger partial charge in [-0.05, 0) is 52.7 Å². The molecular weight excluding hydrogens is 233 g/mol. The molecule has 0 bridgehead atoms. The number of hydrogen-bond acceptors (Lipinski definition) is 3. The Balaban J connectivity index is 0. The van der Waals surface area contributed by atoms with E-state index in [0.29, 0.717) is 13.0 Å². The largest absolute Gasteiger partial charge is 0.466 e. The molecule has 0 heterocycles. The summed E-state index contributed by atoms with van der Waals surface area (Å²) in [7, 11) is 5.04. The van der Waals surface area contributed by atoms with Gasteiger partial charge in [0.1, 0.15) is 0 Å². The van der Waals surface area contributed by atoms with Gasteiger partial charge in [-0.1, -0.05) is 13.8 Å². The lowest BCUT2D eigenvalue weighted by Gasteiger charge is -2.08. The molecule has 0 N–H and O–H groups in total. The van der Waals surface area contributed by atoms with Crippen molar-refractivity contribution in [3.05, 3.63) is 0 Å². The van der Waals surface area contributed by atoms with Gasteiger partial charge in [-0.25, -0.2) is 0 Å². The predicted molar refractivity (Wildman–Crippen MR) is 78.4 cm³/mol. The van der Waals surface area contributed by atoms with Gasteiger partial charge in [0.05, 0.1) is 6.61 Å². The van der Waals surface area contributed by atoms with Crippen LogP contribution in [0.3, 0.4) is 0 Å². The number of carbonyl (C=O) groups excluding carboxylic acids is 1. The summed E-state index contributed by atoms with van der Waals surface area (Å²) in [6.07, 6.45) is 4.90. The molecule has 0 spiro atoms. The summed E-state index contributed by atoms with van der Waals surface area (Å²) < 4.78 is 5.12. The smallest absolute Gasteiger partial charge is 0.305 e. The number of nitrogens with zero attached hydrogens (tertiary/aromatic N) is 1. The van der Waals surface area contributed by atoms with E-state index in [1.54, 1.807) is 0 Å². The van der Waals surface area contributed by atoms with E-state index in [9.17, 15) is 4.79 Å². The average molecular weight is 263 g/mol. The molecule has 0 rings (SSSR count). The molecule has 0 aromatic heterocycles. The van der Waals surface area contributed by atoms with Crippen LogP contribution in [-0.4, -0.2) is 50.9 Å². The first-order valence-corrected chi connectivity index (χ1v) is 8.32. The Labute approximate surface area is 109 Å². The maximum atomic E-state index is 11.2.